The Bertz CT molecular complexity index is 1310. The van der Waals surface area contributed by atoms with E-state index in [1.54, 1.807) is 14.2 Å². The van der Waals surface area contributed by atoms with Crippen LogP contribution in [0.15, 0.2) is 54.6 Å². The van der Waals surface area contributed by atoms with Crippen molar-refractivity contribution in [2.75, 3.05) is 14.2 Å². The van der Waals surface area contributed by atoms with Gasteiger partial charge in [0.25, 0.3) is 0 Å². The number of rotatable bonds is 5. The average molecular weight is 429 g/mol. The molecule has 164 valence electrons. The van der Waals surface area contributed by atoms with Crippen molar-refractivity contribution < 1.29 is 13.9 Å². The van der Waals surface area contributed by atoms with Gasteiger partial charge in [-0.2, -0.15) is 0 Å². The third-order valence-corrected chi connectivity index (χ3v) is 7.12. The van der Waals surface area contributed by atoms with Crippen LogP contribution in [-0.2, 0) is 12.8 Å². The summed E-state index contributed by atoms with van der Waals surface area (Å²) in [7, 11) is 3.43. The number of halogens is 1. The minimum absolute atomic E-state index is 0.0489. The summed E-state index contributed by atoms with van der Waals surface area (Å²) in [6, 6.07) is 18.6. The van der Waals surface area contributed by atoms with Crippen molar-refractivity contribution in [2.24, 2.45) is 0 Å². The predicted octanol–water partition coefficient (Wildman–Crippen LogP) is 7.51. The molecule has 0 aromatic heterocycles. The summed E-state index contributed by atoms with van der Waals surface area (Å²) < 4.78 is 26.0. The van der Waals surface area contributed by atoms with Crippen LogP contribution in [0.2, 0.25) is 0 Å². The van der Waals surface area contributed by atoms with E-state index in [2.05, 4.69) is 24.3 Å². The normalized spacial score (nSPS) is 15.7. The van der Waals surface area contributed by atoms with Gasteiger partial charge in [-0.3, -0.25) is 0 Å². The fraction of sp³-hybridized carbons (Fsp3) is 0.310. The van der Waals surface area contributed by atoms with Crippen molar-refractivity contribution in [1.82, 2.24) is 0 Å². The van der Waals surface area contributed by atoms with Crippen molar-refractivity contribution in [3.63, 3.8) is 0 Å². The highest BCUT2D eigenvalue weighted by molar-refractivity contribution is 6.13. The molecule has 0 heterocycles. The van der Waals surface area contributed by atoms with Gasteiger partial charge < -0.3 is 9.47 Å². The lowest BCUT2D eigenvalue weighted by atomic mass is 9.77. The van der Waals surface area contributed by atoms with E-state index in [4.69, 9.17) is 9.47 Å². The maximum atomic E-state index is 14.5. The first-order chi connectivity index (χ1) is 15.6. The Hall–Kier alpha value is -3.07. The third-order valence-electron chi connectivity index (χ3n) is 7.12. The first kappa shape index (κ1) is 20.8. The zero-order valence-electron chi connectivity index (χ0n) is 19.0. The standard InChI is InChI=1S/C29H29FO2/c1-18-7-4-9-20(29(18)30)14-13-19-8-5-10-22-21(19)15-16-23-24-11-6-12-26(31-2)28(24)27(32-3)17-25(22)23/h4,6-7,9,11-12,15-17,19H,5,8,10,13-14H2,1-3H3/t19-/m0/s1. The topological polar surface area (TPSA) is 18.5 Å². The van der Waals surface area contributed by atoms with Gasteiger partial charge in [0.2, 0.25) is 0 Å². The van der Waals surface area contributed by atoms with Crippen LogP contribution in [0, 0.1) is 12.7 Å². The molecule has 3 heteroatoms. The molecule has 0 unspecified atom stereocenters. The molecule has 4 aromatic carbocycles. The van der Waals surface area contributed by atoms with Crippen LogP contribution < -0.4 is 9.47 Å². The molecular weight excluding hydrogens is 399 g/mol. The smallest absolute Gasteiger partial charge is 0.131 e. The Morgan fingerprint density at radius 2 is 1.72 bits per heavy atom. The molecule has 1 aliphatic rings. The highest BCUT2D eigenvalue weighted by Gasteiger charge is 2.24. The molecule has 0 amide bonds. The summed E-state index contributed by atoms with van der Waals surface area (Å²) in [6.45, 7) is 1.84. The van der Waals surface area contributed by atoms with Gasteiger partial charge in [0.1, 0.15) is 17.3 Å². The largest absolute Gasteiger partial charge is 0.496 e. The molecule has 0 N–H and O–H groups in total. The molecule has 5 rings (SSSR count). The Balaban J connectivity index is 1.59. The molecule has 1 atom stereocenters. The van der Waals surface area contributed by atoms with Crippen molar-refractivity contribution in [3.8, 4) is 11.5 Å². The lowest BCUT2D eigenvalue weighted by Gasteiger charge is -2.28. The first-order valence-corrected chi connectivity index (χ1v) is 11.5. The van der Waals surface area contributed by atoms with Gasteiger partial charge in [0.15, 0.2) is 0 Å². The number of aryl methyl sites for hydroxylation is 3. The number of hydrogen-bond acceptors (Lipinski definition) is 2. The van der Waals surface area contributed by atoms with Crippen molar-refractivity contribution in [2.45, 2.75) is 44.9 Å². The number of benzene rings is 4. The molecule has 0 spiro atoms. The fourth-order valence-electron chi connectivity index (χ4n) is 5.50. The summed E-state index contributed by atoms with van der Waals surface area (Å²) >= 11 is 0. The molecule has 1 aliphatic carbocycles. The molecule has 0 aliphatic heterocycles. The van der Waals surface area contributed by atoms with Gasteiger partial charge in [-0.05, 0) is 95.5 Å². The van der Waals surface area contributed by atoms with Crippen molar-refractivity contribution >= 4 is 21.5 Å². The Kier molecular flexibility index (Phi) is 5.50. The monoisotopic (exact) mass is 428 g/mol. The van der Waals surface area contributed by atoms with E-state index in [1.807, 2.05) is 37.3 Å². The molecule has 4 aromatic rings. The third kappa shape index (κ3) is 3.40. The summed E-state index contributed by atoms with van der Waals surface area (Å²) in [6.07, 6.45) is 5.13. The average Bonchev–Trinajstić information content (AvgIpc) is 2.83. The number of methoxy groups -OCH3 is 2. The van der Waals surface area contributed by atoms with Crippen LogP contribution >= 0.6 is 0 Å². The highest BCUT2D eigenvalue weighted by Crippen LogP contribution is 2.44. The van der Waals surface area contributed by atoms with Crippen LogP contribution in [0.3, 0.4) is 0 Å². The lowest BCUT2D eigenvalue weighted by Crippen LogP contribution is -2.12. The zero-order valence-corrected chi connectivity index (χ0v) is 19.0. The highest BCUT2D eigenvalue weighted by atomic mass is 19.1. The summed E-state index contributed by atoms with van der Waals surface area (Å²) in [5.74, 6) is 2.08. The fourth-order valence-corrected chi connectivity index (χ4v) is 5.50. The first-order valence-electron chi connectivity index (χ1n) is 11.5. The van der Waals surface area contributed by atoms with Gasteiger partial charge in [-0.25, -0.2) is 4.39 Å². The van der Waals surface area contributed by atoms with Crippen LogP contribution in [0.1, 0.15) is 47.4 Å². The van der Waals surface area contributed by atoms with Gasteiger partial charge in [-0.1, -0.05) is 42.5 Å². The van der Waals surface area contributed by atoms with E-state index in [0.29, 0.717) is 5.92 Å². The Morgan fingerprint density at radius 1 is 0.906 bits per heavy atom. The quantitative estimate of drug-likeness (QED) is 0.306. The van der Waals surface area contributed by atoms with Crippen molar-refractivity contribution in [3.05, 3.63) is 82.7 Å². The molecule has 32 heavy (non-hydrogen) atoms. The summed E-state index contributed by atoms with van der Waals surface area (Å²) in [5.41, 5.74) is 4.40. The summed E-state index contributed by atoms with van der Waals surface area (Å²) in [4.78, 5) is 0. The molecule has 0 bridgehead atoms. The van der Waals surface area contributed by atoms with E-state index < -0.39 is 0 Å². The minimum Gasteiger partial charge on any atom is -0.496 e. The predicted molar refractivity (Wildman–Crippen MR) is 130 cm³/mol. The molecule has 0 saturated heterocycles. The Labute approximate surface area is 189 Å². The SMILES string of the molecule is COc1cccc2c1c(OC)cc1c3c(ccc12)[C@H](CCc1cccc(C)c1F)CCC3. The van der Waals surface area contributed by atoms with E-state index in [0.717, 1.165) is 65.5 Å². The minimum atomic E-state index is -0.0489. The second kappa shape index (κ2) is 8.46. The molecular formula is C29H29FO2. The molecule has 0 saturated carbocycles. The number of fused-ring (bicyclic) bond motifs is 5. The summed E-state index contributed by atoms with van der Waals surface area (Å²) in [5, 5.41) is 4.69. The maximum Gasteiger partial charge on any atom is 0.131 e. The van der Waals surface area contributed by atoms with Crippen LogP contribution in [0.25, 0.3) is 21.5 Å². The van der Waals surface area contributed by atoms with E-state index in [-0.39, 0.29) is 5.82 Å². The number of ether oxygens (including phenoxy) is 2. The number of hydrogen-bond donors (Lipinski definition) is 0. The molecule has 2 nitrogen and oxygen atoms in total. The maximum absolute atomic E-state index is 14.5. The van der Waals surface area contributed by atoms with Crippen LogP contribution in [0.4, 0.5) is 4.39 Å². The molecule has 0 radical (unpaired) electrons. The van der Waals surface area contributed by atoms with E-state index >= 15 is 0 Å². The second-order valence-corrected chi connectivity index (χ2v) is 8.87. The second-order valence-electron chi connectivity index (χ2n) is 8.87. The van der Waals surface area contributed by atoms with Crippen molar-refractivity contribution in [1.29, 1.82) is 0 Å². The molecule has 0 fully saturated rings. The Morgan fingerprint density at radius 3 is 2.53 bits per heavy atom. The van der Waals surface area contributed by atoms with Crippen LogP contribution in [-0.4, -0.2) is 14.2 Å². The zero-order chi connectivity index (χ0) is 22.2. The van der Waals surface area contributed by atoms with Gasteiger partial charge in [-0.15, -0.1) is 0 Å². The van der Waals surface area contributed by atoms with E-state index in [9.17, 15) is 4.39 Å². The van der Waals surface area contributed by atoms with Gasteiger partial charge in [0.05, 0.1) is 19.6 Å². The van der Waals surface area contributed by atoms with E-state index in [1.165, 1.54) is 21.9 Å². The lowest BCUT2D eigenvalue weighted by molar-refractivity contribution is 0.405. The van der Waals surface area contributed by atoms with Gasteiger partial charge in [0, 0.05) is 0 Å². The van der Waals surface area contributed by atoms with Crippen LogP contribution in [0.5, 0.6) is 11.5 Å². The van der Waals surface area contributed by atoms with Gasteiger partial charge >= 0.3 is 0 Å².